The zero-order valence-corrected chi connectivity index (χ0v) is 18.9. The van der Waals surface area contributed by atoms with E-state index in [0.717, 1.165) is 11.1 Å². The van der Waals surface area contributed by atoms with Crippen LogP contribution in [-0.2, 0) is 23.1 Å². The quantitative estimate of drug-likeness (QED) is 0.512. The van der Waals surface area contributed by atoms with Crippen LogP contribution in [0.15, 0.2) is 71.9 Å². The Labute approximate surface area is 184 Å². The van der Waals surface area contributed by atoms with E-state index >= 15 is 0 Å². The highest BCUT2D eigenvalue weighted by Gasteiger charge is 2.22. The molecule has 164 valence electrons. The number of carbonyl (C=O) groups excluding carboxylic acids is 1. The van der Waals surface area contributed by atoms with Crippen LogP contribution in [0.1, 0.15) is 35.3 Å². The normalized spacial score (nSPS) is 11.6. The van der Waals surface area contributed by atoms with Gasteiger partial charge in [-0.3, -0.25) is 9.48 Å². The van der Waals surface area contributed by atoms with Gasteiger partial charge in [0.15, 0.2) is 0 Å². The van der Waals surface area contributed by atoms with Crippen molar-refractivity contribution in [1.29, 1.82) is 0 Å². The van der Waals surface area contributed by atoms with E-state index in [1.807, 2.05) is 41.2 Å². The molecule has 3 rings (SSSR count). The first-order valence-corrected chi connectivity index (χ1v) is 11.7. The zero-order chi connectivity index (χ0) is 22.4. The van der Waals surface area contributed by atoms with Crippen LogP contribution < -0.4 is 0 Å². The third kappa shape index (κ3) is 5.39. The second kappa shape index (κ2) is 9.89. The molecule has 0 N–H and O–H groups in total. The number of sulfonamides is 1. The summed E-state index contributed by atoms with van der Waals surface area (Å²) in [6.07, 6.45) is 3.68. The molecule has 1 amide bonds. The van der Waals surface area contributed by atoms with E-state index in [-0.39, 0.29) is 10.8 Å². The summed E-state index contributed by atoms with van der Waals surface area (Å²) >= 11 is 0. The molecular weight excluding hydrogens is 412 g/mol. The van der Waals surface area contributed by atoms with Gasteiger partial charge in [-0.1, -0.05) is 44.2 Å². The fraction of sp³-hybridized carbons (Fsp3) is 0.304. The largest absolute Gasteiger partial charge is 0.337 e. The van der Waals surface area contributed by atoms with Crippen molar-refractivity contribution < 1.29 is 13.2 Å². The molecule has 0 saturated heterocycles. The molecule has 0 saturated carbocycles. The lowest BCUT2D eigenvalue weighted by atomic mass is 10.2. The summed E-state index contributed by atoms with van der Waals surface area (Å²) in [4.78, 5) is 14.6. The van der Waals surface area contributed by atoms with Crippen LogP contribution >= 0.6 is 0 Å². The summed E-state index contributed by atoms with van der Waals surface area (Å²) in [6, 6.07) is 16.2. The lowest BCUT2D eigenvalue weighted by Gasteiger charge is -2.19. The van der Waals surface area contributed by atoms with Crippen LogP contribution in [0.5, 0.6) is 0 Å². The molecule has 0 radical (unpaired) electrons. The Kier molecular flexibility index (Phi) is 7.25. The monoisotopic (exact) mass is 440 g/mol. The fourth-order valence-electron chi connectivity index (χ4n) is 3.39. The smallest absolute Gasteiger partial charge is 0.253 e. The first-order chi connectivity index (χ1) is 14.8. The number of aromatic nitrogens is 2. The van der Waals surface area contributed by atoms with E-state index in [1.54, 1.807) is 44.1 Å². The first kappa shape index (κ1) is 22.7. The Morgan fingerprint density at radius 2 is 1.61 bits per heavy atom. The minimum absolute atomic E-state index is 0.178. The number of rotatable bonds is 9. The summed E-state index contributed by atoms with van der Waals surface area (Å²) < 4.78 is 28.4. The Morgan fingerprint density at radius 1 is 0.968 bits per heavy atom. The molecule has 2 aromatic carbocycles. The molecule has 0 unspecified atom stereocenters. The first-order valence-electron chi connectivity index (χ1n) is 10.3. The lowest BCUT2D eigenvalue weighted by Crippen LogP contribution is -2.30. The maximum absolute atomic E-state index is 12.8. The predicted octanol–water partition coefficient (Wildman–Crippen LogP) is 3.23. The van der Waals surface area contributed by atoms with Crippen LogP contribution in [0.25, 0.3) is 0 Å². The number of amides is 1. The van der Waals surface area contributed by atoms with Gasteiger partial charge >= 0.3 is 0 Å². The molecule has 0 aliphatic carbocycles. The van der Waals surface area contributed by atoms with E-state index < -0.39 is 10.0 Å². The Bertz CT molecular complexity index is 1110. The summed E-state index contributed by atoms with van der Waals surface area (Å²) in [5, 5.41) is 4.38. The van der Waals surface area contributed by atoms with E-state index in [0.29, 0.717) is 31.7 Å². The van der Waals surface area contributed by atoms with Crippen molar-refractivity contribution in [3.8, 4) is 0 Å². The summed E-state index contributed by atoms with van der Waals surface area (Å²) in [5.41, 5.74) is 2.52. The third-order valence-electron chi connectivity index (χ3n) is 5.09. The van der Waals surface area contributed by atoms with Gasteiger partial charge in [-0.05, 0) is 29.8 Å². The molecule has 1 aromatic heterocycles. The van der Waals surface area contributed by atoms with Gasteiger partial charge in [-0.2, -0.15) is 9.40 Å². The van der Waals surface area contributed by atoms with Gasteiger partial charge in [-0.25, -0.2) is 8.42 Å². The number of hydrogen-bond acceptors (Lipinski definition) is 4. The van der Waals surface area contributed by atoms with Gasteiger partial charge in [0.05, 0.1) is 17.6 Å². The van der Waals surface area contributed by atoms with Crippen molar-refractivity contribution >= 4 is 15.9 Å². The minimum atomic E-state index is -3.54. The van der Waals surface area contributed by atoms with E-state index in [2.05, 4.69) is 5.10 Å². The van der Waals surface area contributed by atoms with Gasteiger partial charge in [-0.15, -0.1) is 0 Å². The second-order valence-corrected chi connectivity index (χ2v) is 9.24. The minimum Gasteiger partial charge on any atom is -0.337 e. The Morgan fingerprint density at radius 3 is 2.23 bits per heavy atom. The van der Waals surface area contributed by atoms with Crippen molar-refractivity contribution in [1.82, 2.24) is 19.0 Å². The van der Waals surface area contributed by atoms with Crippen LogP contribution in [0.4, 0.5) is 0 Å². The predicted molar refractivity (Wildman–Crippen MR) is 120 cm³/mol. The summed E-state index contributed by atoms with van der Waals surface area (Å²) in [5.74, 6) is -0.178. The highest BCUT2D eigenvalue weighted by Crippen LogP contribution is 2.17. The van der Waals surface area contributed by atoms with E-state index in [4.69, 9.17) is 0 Å². The molecule has 0 fully saturated rings. The topological polar surface area (TPSA) is 75.5 Å². The Balaban J connectivity index is 1.65. The van der Waals surface area contributed by atoms with Crippen molar-refractivity contribution in [3.63, 3.8) is 0 Å². The van der Waals surface area contributed by atoms with Gasteiger partial charge in [0, 0.05) is 44.0 Å². The molecule has 0 aliphatic rings. The van der Waals surface area contributed by atoms with E-state index in [1.165, 1.54) is 16.4 Å². The van der Waals surface area contributed by atoms with Crippen molar-refractivity contribution in [2.45, 2.75) is 31.8 Å². The molecule has 0 bridgehead atoms. The van der Waals surface area contributed by atoms with Crippen molar-refractivity contribution in [3.05, 3.63) is 83.7 Å². The third-order valence-corrected chi connectivity index (χ3v) is 7.15. The lowest BCUT2D eigenvalue weighted by molar-refractivity contribution is 0.0785. The number of hydrogen-bond donors (Lipinski definition) is 0. The molecule has 0 spiro atoms. The van der Waals surface area contributed by atoms with Crippen LogP contribution in [-0.4, -0.2) is 53.4 Å². The molecular formula is C23H28N4O3S. The van der Waals surface area contributed by atoms with Gasteiger partial charge in [0.2, 0.25) is 10.0 Å². The molecule has 31 heavy (non-hydrogen) atoms. The maximum atomic E-state index is 12.8. The number of carbonyl (C=O) groups is 1. The average molecular weight is 441 g/mol. The summed E-state index contributed by atoms with van der Waals surface area (Å²) in [7, 11) is -1.82. The van der Waals surface area contributed by atoms with Crippen molar-refractivity contribution in [2.24, 2.45) is 0 Å². The molecule has 8 heteroatoms. The molecule has 3 aromatic rings. The fourth-order valence-corrected chi connectivity index (χ4v) is 4.85. The van der Waals surface area contributed by atoms with Gasteiger partial charge in [0.1, 0.15) is 0 Å². The van der Waals surface area contributed by atoms with Crippen LogP contribution in [0.3, 0.4) is 0 Å². The highest BCUT2D eigenvalue weighted by molar-refractivity contribution is 7.89. The molecule has 0 aliphatic heterocycles. The molecule has 7 nitrogen and oxygen atoms in total. The van der Waals surface area contributed by atoms with Crippen molar-refractivity contribution in [2.75, 3.05) is 20.1 Å². The van der Waals surface area contributed by atoms with Crippen LogP contribution in [0, 0.1) is 0 Å². The average Bonchev–Trinajstić information content (AvgIpc) is 3.21. The standard InChI is InChI=1S/C23H28N4O3S/c1-4-27(5-2)31(29,30)22-13-11-21(12-14-22)23(28)25(3)16-20-15-24-26(18-20)17-19-9-7-6-8-10-19/h6-15,18H,4-5,16-17H2,1-3H3. The second-order valence-electron chi connectivity index (χ2n) is 7.31. The Hall–Kier alpha value is -2.97. The SMILES string of the molecule is CCN(CC)S(=O)(=O)c1ccc(C(=O)N(C)Cc2cnn(Cc3ccccc3)c2)cc1. The zero-order valence-electron chi connectivity index (χ0n) is 18.1. The molecule has 0 atom stereocenters. The summed E-state index contributed by atoms with van der Waals surface area (Å²) in [6.45, 7) is 5.49. The van der Waals surface area contributed by atoms with E-state index in [9.17, 15) is 13.2 Å². The molecule has 1 heterocycles. The number of benzene rings is 2. The number of nitrogens with zero attached hydrogens (tertiary/aromatic N) is 4. The van der Waals surface area contributed by atoms with Gasteiger partial charge < -0.3 is 4.90 Å². The van der Waals surface area contributed by atoms with Crippen LogP contribution in [0.2, 0.25) is 0 Å². The highest BCUT2D eigenvalue weighted by atomic mass is 32.2. The maximum Gasteiger partial charge on any atom is 0.253 e. The van der Waals surface area contributed by atoms with Gasteiger partial charge in [0.25, 0.3) is 5.91 Å².